The first-order valence-electron chi connectivity index (χ1n) is 2.48. The Hall–Kier alpha value is -1.56. The molecule has 0 aliphatic rings. The zero-order valence-electron chi connectivity index (χ0n) is 4.70. The smallest absolute Gasteiger partial charge is 0.181 e. The van der Waals surface area contributed by atoms with Crippen LogP contribution in [0.1, 0.15) is 0 Å². The molecule has 0 unspecified atom stereocenters. The van der Waals surface area contributed by atoms with Gasteiger partial charge in [0.1, 0.15) is 0 Å². The molecule has 0 atom stereocenters. The van der Waals surface area contributed by atoms with E-state index < -0.39 is 0 Å². The summed E-state index contributed by atoms with van der Waals surface area (Å²) in [6.45, 7) is 0. The fraction of sp³-hybridized carbons (Fsp3) is 0. The van der Waals surface area contributed by atoms with Gasteiger partial charge in [-0.05, 0) is 12.1 Å². The van der Waals surface area contributed by atoms with Crippen molar-refractivity contribution in [3.63, 3.8) is 0 Å². The Morgan fingerprint density at radius 1 is 1.44 bits per heavy atom. The third-order valence-corrected chi connectivity index (χ3v) is 0.881. The molecule has 1 heterocycles. The van der Waals surface area contributed by atoms with Crippen LogP contribution < -0.4 is 5.32 Å². The molecule has 0 aliphatic heterocycles. The summed E-state index contributed by atoms with van der Waals surface area (Å²) in [4.78, 5) is 3.78. The van der Waals surface area contributed by atoms with Gasteiger partial charge in [0.2, 0.25) is 0 Å². The number of aromatic nitrogens is 1. The Balaban J connectivity index is 2.76. The van der Waals surface area contributed by atoms with Crippen LogP contribution >= 0.6 is 0 Å². The predicted molar refractivity (Wildman–Crippen MR) is 33.5 cm³/mol. The number of nitriles is 1. The quantitative estimate of drug-likeness (QED) is 0.442. The highest BCUT2D eigenvalue weighted by molar-refractivity contribution is 5.44. The van der Waals surface area contributed by atoms with E-state index in [1.807, 2.05) is 0 Å². The van der Waals surface area contributed by atoms with Crippen LogP contribution in [0.2, 0.25) is 0 Å². The van der Waals surface area contributed by atoms with Crippen molar-refractivity contribution >= 4 is 5.69 Å². The molecular weight excluding hydrogens is 114 g/mol. The fourth-order valence-electron chi connectivity index (χ4n) is 0.500. The van der Waals surface area contributed by atoms with Gasteiger partial charge in [-0.3, -0.25) is 10.3 Å². The molecule has 0 bridgehead atoms. The Labute approximate surface area is 53.0 Å². The lowest BCUT2D eigenvalue weighted by Crippen LogP contribution is -1.85. The minimum absolute atomic E-state index is 0.771. The lowest BCUT2D eigenvalue weighted by Gasteiger charge is -1.90. The van der Waals surface area contributed by atoms with Gasteiger partial charge in [-0.15, -0.1) is 0 Å². The van der Waals surface area contributed by atoms with Crippen LogP contribution in [0.4, 0.5) is 5.69 Å². The molecule has 1 rings (SSSR count). The molecule has 3 nitrogen and oxygen atoms in total. The molecule has 0 saturated heterocycles. The summed E-state index contributed by atoms with van der Waals surface area (Å²) in [6, 6.07) is 3.45. The zero-order chi connectivity index (χ0) is 6.53. The van der Waals surface area contributed by atoms with Gasteiger partial charge in [-0.25, -0.2) is 0 Å². The highest BCUT2D eigenvalue weighted by Crippen LogP contribution is 2.00. The van der Waals surface area contributed by atoms with E-state index in [1.165, 1.54) is 0 Å². The van der Waals surface area contributed by atoms with Crippen LogP contribution in [0.3, 0.4) is 0 Å². The molecule has 0 radical (unpaired) electrons. The molecule has 0 spiro atoms. The van der Waals surface area contributed by atoms with E-state index in [2.05, 4.69) is 10.3 Å². The van der Waals surface area contributed by atoms with E-state index in [4.69, 9.17) is 5.26 Å². The van der Waals surface area contributed by atoms with E-state index in [0.717, 1.165) is 5.69 Å². The first kappa shape index (κ1) is 5.57. The number of pyridine rings is 1. The molecule has 1 aromatic heterocycles. The summed E-state index contributed by atoms with van der Waals surface area (Å²) < 4.78 is 0. The molecule has 0 saturated carbocycles. The third-order valence-electron chi connectivity index (χ3n) is 0.881. The lowest BCUT2D eigenvalue weighted by atomic mass is 10.4. The maximum Gasteiger partial charge on any atom is 0.181 e. The summed E-state index contributed by atoms with van der Waals surface area (Å²) in [5, 5.41) is 10.6. The van der Waals surface area contributed by atoms with Crippen molar-refractivity contribution in [1.82, 2.24) is 4.98 Å². The molecule has 3 heteroatoms. The monoisotopic (exact) mass is 119 g/mol. The Bertz CT molecular complexity index is 211. The molecule has 0 amide bonds. The summed E-state index contributed by atoms with van der Waals surface area (Å²) in [6.07, 6.45) is 5.06. The van der Waals surface area contributed by atoms with E-state index >= 15 is 0 Å². The summed E-state index contributed by atoms with van der Waals surface area (Å²) in [7, 11) is 0. The van der Waals surface area contributed by atoms with Crippen molar-refractivity contribution in [1.29, 1.82) is 5.26 Å². The number of hydrogen-bond donors (Lipinski definition) is 1. The molecule has 0 aliphatic carbocycles. The molecule has 0 fully saturated rings. The Kier molecular flexibility index (Phi) is 1.66. The van der Waals surface area contributed by atoms with Crippen LogP contribution in [-0.4, -0.2) is 4.98 Å². The fourth-order valence-corrected chi connectivity index (χ4v) is 0.500. The minimum Gasteiger partial charge on any atom is -0.293 e. The molecule has 44 valence electrons. The zero-order valence-corrected chi connectivity index (χ0v) is 4.70. The standard InChI is InChI=1S/C6H5N3/c7-5-9-6-1-3-8-4-2-6/h1-4H,(H,8,9). The SMILES string of the molecule is N#CNc1ccncc1. The molecule has 1 N–H and O–H groups in total. The van der Waals surface area contributed by atoms with Gasteiger partial charge in [-0.2, -0.15) is 5.26 Å². The number of hydrogen-bond acceptors (Lipinski definition) is 3. The van der Waals surface area contributed by atoms with Crippen molar-refractivity contribution < 1.29 is 0 Å². The maximum atomic E-state index is 8.14. The van der Waals surface area contributed by atoms with Crippen molar-refractivity contribution in [3.8, 4) is 6.19 Å². The molecule has 0 aromatic carbocycles. The van der Waals surface area contributed by atoms with Crippen LogP contribution in [0.15, 0.2) is 24.5 Å². The first-order valence-corrected chi connectivity index (χ1v) is 2.48. The van der Waals surface area contributed by atoms with Crippen molar-refractivity contribution in [2.24, 2.45) is 0 Å². The lowest BCUT2D eigenvalue weighted by molar-refractivity contribution is 1.32. The second-order valence-electron chi connectivity index (χ2n) is 1.47. The number of rotatable bonds is 1. The molecular formula is C6H5N3. The van der Waals surface area contributed by atoms with E-state index in [-0.39, 0.29) is 0 Å². The maximum absolute atomic E-state index is 8.14. The highest BCUT2D eigenvalue weighted by Gasteiger charge is 1.82. The normalized spacial score (nSPS) is 7.89. The van der Waals surface area contributed by atoms with Gasteiger partial charge < -0.3 is 0 Å². The van der Waals surface area contributed by atoms with Gasteiger partial charge in [0.05, 0.1) is 5.69 Å². The average molecular weight is 119 g/mol. The van der Waals surface area contributed by atoms with Crippen LogP contribution in [0, 0.1) is 11.5 Å². The van der Waals surface area contributed by atoms with Gasteiger partial charge >= 0.3 is 0 Å². The topological polar surface area (TPSA) is 48.7 Å². The third kappa shape index (κ3) is 1.42. The second-order valence-corrected chi connectivity index (χ2v) is 1.47. The number of nitrogens with one attached hydrogen (secondary N) is 1. The Morgan fingerprint density at radius 3 is 2.67 bits per heavy atom. The van der Waals surface area contributed by atoms with Gasteiger partial charge in [0.25, 0.3) is 0 Å². The van der Waals surface area contributed by atoms with E-state index in [1.54, 1.807) is 30.7 Å². The van der Waals surface area contributed by atoms with E-state index in [0.29, 0.717) is 0 Å². The molecule has 9 heavy (non-hydrogen) atoms. The van der Waals surface area contributed by atoms with Crippen molar-refractivity contribution in [3.05, 3.63) is 24.5 Å². The summed E-state index contributed by atoms with van der Waals surface area (Å²) in [5.41, 5.74) is 0.771. The summed E-state index contributed by atoms with van der Waals surface area (Å²) in [5.74, 6) is 0. The number of anilines is 1. The van der Waals surface area contributed by atoms with Gasteiger partial charge in [-0.1, -0.05) is 0 Å². The van der Waals surface area contributed by atoms with Crippen LogP contribution in [0.25, 0.3) is 0 Å². The largest absolute Gasteiger partial charge is 0.293 e. The summed E-state index contributed by atoms with van der Waals surface area (Å²) >= 11 is 0. The van der Waals surface area contributed by atoms with Gasteiger partial charge in [0, 0.05) is 12.4 Å². The highest BCUT2D eigenvalue weighted by atomic mass is 14.9. The minimum atomic E-state index is 0.771. The van der Waals surface area contributed by atoms with Crippen LogP contribution in [0.5, 0.6) is 0 Å². The van der Waals surface area contributed by atoms with Crippen molar-refractivity contribution in [2.75, 3.05) is 5.32 Å². The molecule has 1 aromatic rings. The predicted octanol–water partition coefficient (Wildman–Crippen LogP) is 0.975. The second kappa shape index (κ2) is 2.68. The Morgan fingerprint density at radius 2 is 2.11 bits per heavy atom. The van der Waals surface area contributed by atoms with Crippen molar-refractivity contribution in [2.45, 2.75) is 0 Å². The number of nitrogens with zero attached hydrogens (tertiary/aromatic N) is 2. The first-order chi connectivity index (χ1) is 4.43. The van der Waals surface area contributed by atoms with Crippen LogP contribution in [-0.2, 0) is 0 Å². The van der Waals surface area contributed by atoms with Gasteiger partial charge in [0.15, 0.2) is 6.19 Å². The average Bonchev–Trinajstić information content (AvgIpc) is 1.91. The van der Waals surface area contributed by atoms with E-state index in [9.17, 15) is 0 Å².